The molecule has 1 heterocycles. The van der Waals surface area contributed by atoms with Crippen molar-refractivity contribution in [2.24, 2.45) is 0 Å². The Bertz CT molecular complexity index is 548. The van der Waals surface area contributed by atoms with Crippen molar-refractivity contribution in [1.82, 2.24) is 15.5 Å². The van der Waals surface area contributed by atoms with E-state index in [1.165, 1.54) is 12.1 Å². The number of likely N-dealkylation sites (N-methyl/N-ethyl adjacent to an activating group) is 1. The molecule has 0 radical (unpaired) electrons. The second-order valence-electron chi connectivity index (χ2n) is 5.34. The number of amides is 2. The van der Waals surface area contributed by atoms with Crippen molar-refractivity contribution < 1.29 is 14.0 Å². The van der Waals surface area contributed by atoms with Gasteiger partial charge in [-0.2, -0.15) is 0 Å². The van der Waals surface area contributed by atoms with Crippen LogP contribution in [0.1, 0.15) is 17.5 Å². The molecule has 1 aliphatic heterocycles. The highest BCUT2D eigenvalue weighted by Crippen LogP contribution is 2.10. The average molecular weight is 293 g/mol. The minimum atomic E-state index is -0.438. The lowest BCUT2D eigenvalue weighted by Gasteiger charge is -2.31. The Hall–Kier alpha value is -1.95. The third kappa shape index (κ3) is 4.01. The summed E-state index contributed by atoms with van der Waals surface area (Å²) < 4.78 is 13.2. The van der Waals surface area contributed by atoms with E-state index in [1.807, 2.05) is 18.9 Å². The predicted octanol–water partition coefficient (Wildman–Crippen LogP) is 0.571. The number of hydrogen-bond donors (Lipinski definition) is 2. The maximum absolute atomic E-state index is 13.2. The van der Waals surface area contributed by atoms with Gasteiger partial charge in [-0.25, -0.2) is 4.39 Å². The minimum absolute atomic E-state index is 0.108. The van der Waals surface area contributed by atoms with Gasteiger partial charge < -0.3 is 10.6 Å². The van der Waals surface area contributed by atoms with Gasteiger partial charge in [-0.1, -0.05) is 6.07 Å². The minimum Gasteiger partial charge on any atom is -0.353 e. The van der Waals surface area contributed by atoms with Crippen LogP contribution in [0.3, 0.4) is 0 Å². The van der Waals surface area contributed by atoms with Crippen LogP contribution in [0.4, 0.5) is 4.39 Å². The van der Waals surface area contributed by atoms with Gasteiger partial charge in [-0.15, -0.1) is 0 Å². The summed E-state index contributed by atoms with van der Waals surface area (Å²) in [5.41, 5.74) is 1.66. The van der Waals surface area contributed by atoms with Gasteiger partial charge in [0.2, 0.25) is 11.8 Å². The van der Waals surface area contributed by atoms with Gasteiger partial charge in [-0.3, -0.25) is 14.5 Å². The fourth-order valence-corrected chi connectivity index (χ4v) is 2.35. The summed E-state index contributed by atoms with van der Waals surface area (Å²) in [7, 11) is 1.83. The summed E-state index contributed by atoms with van der Waals surface area (Å²) in [6.07, 6.45) is 0.108. The summed E-state index contributed by atoms with van der Waals surface area (Å²) in [6, 6.07) is 4.04. The van der Waals surface area contributed by atoms with E-state index in [9.17, 15) is 14.0 Å². The normalized spacial score (nSPS) is 19.2. The first kappa shape index (κ1) is 15.4. The Morgan fingerprint density at radius 2 is 2.29 bits per heavy atom. The second kappa shape index (κ2) is 6.67. The molecular weight excluding hydrogens is 273 g/mol. The third-order valence-corrected chi connectivity index (χ3v) is 3.76. The van der Waals surface area contributed by atoms with Gasteiger partial charge in [0.05, 0.1) is 12.5 Å². The van der Waals surface area contributed by atoms with E-state index in [4.69, 9.17) is 0 Å². The molecule has 6 heteroatoms. The Balaban J connectivity index is 1.90. The number of piperazine rings is 1. The highest BCUT2D eigenvalue weighted by molar-refractivity contribution is 5.88. The molecule has 0 aromatic heterocycles. The molecule has 2 rings (SSSR count). The van der Waals surface area contributed by atoms with Crippen LogP contribution < -0.4 is 10.6 Å². The zero-order valence-electron chi connectivity index (χ0n) is 12.3. The van der Waals surface area contributed by atoms with Gasteiger partial charge in [-0.05, 0) is 37.2 Å². The first-order chi connectivity index (χ1) is 9.97. The van der Waals surface area contributed by atoms with E-state index in [2.05, 4.69) is 10.6 Å². The summed E-state index contributed by atoms with van der Waals surface area (Å²) in [6.45, 7) is 3.46. The molecule has 0 saturated carbocycles. The van der Waals surface area contributed by atoms with Crippen molar-refractivity contribution >= 4 is 11.8 Å². The Morgan fingerprint density at radius 1 is 1.52 bits per heavy atom. The van der Waals surface area contributed by atoms with Crippen LogP contribution in [0, 0.1) is 12.7 Å². The Kier molecular flexibility index (Phi) is 4.90. The maximum Gasteiger partial charge on any atom is 0.237 e. The smallest absolute Gasteiger partial charge is 0.237 e. The van der Waals surface area contributed by atoms with Gasteiger partial charge in [0, 0.05) is 19.6 Å². The van der Waals surface area contributed by atoms with Crippen LogP contribution in [0.25, 0.3) is 0 Å². The van der Waals surface area contributed by atoms with Crippen LogP contribution in [0.5, 0.6) is 0 Å². The summed E-state index contributed by atoms with van der Waals surface area (Å²) >= 11 is 0. The third-order valence-electron chi connectivity index (χ3n) is 3.76. The highest BCUT2D eigenvalue weighted by Gasteiger charge is 2.28. The van der Waals surface area contributed by atoms with E-state index >= 15 is 0 Å². The number of carbonyl (C=O) groups is 2. The highest BCUT2D eigenvalue weighted by atomic mass is 19.1. The molecule has 1 aliphatic rings. The lowest BCUT2D eigenvalue weighted by atomic mass is 10.1. The quantitative estimate of drug-likeness (QED) is 0.853. The van der Waals surface area contributed by atoms with E-state index in [-0.39, 0.29) is 30.6 Å². The molecule has 1 aromatic carbocycles. The molecule has 1 aromatic rings. The van der Waals surface area contributed by atoms with E-state index < -0.39 is 6.04 Å². The lowest BCUT2D eigenvalue weighted by molar-refractivity contribution is -0.133. The standard InChI is InChI=1S/C15H20FN3O2/c1-10-3-4-12(16)7-11(10)9-18-14(20)8-13-15(21)17-5-6-19(13)2/h3-4,7,13H,5-6,8-9H2,1-2H3,(H,17,21)(H,18,20). The average Bonchev–Trinajstić information content (AvgIpc) is 2.44. The molecule has 2 N–H and O–H groups in total. The maximum atomic E-state index is 13.2. The first-order valence-corrected chi connectivity index (χ1v) is 6.97. The van der Waals surface area contributed by atoms with Crippen molar-refractivity contribution in [2.75, 3.05) is 20.1 Å². The van der Waals surface area contributed by atoms with Gasteiger partial charge in [0.1, 0.15) is 5.82 Å². The van der Waals surface area contributed by atoms with Gasteiger partial charge >= 0.3 is 0 Å². The molecule has 114 valence electrons. The summed E-state index contributed by atoms with van der Waals surface area (Å²) in [5.74, 6) is -0.662. The van der Waals surface area contributed by atoms with Crippen molar-refractivity contribution in [3.63, 3.8) is 0 Å². The Labute approximate surface area is 123 Å². The molecule has 0 bridgehead atoms. The lowest BCUT2D eigenvalue weighted by Crippen LogP contribution is -2.54. The molecule has 0 spiro atoms. The predicted molar refractivity (Wildman–Crippen MR) is 77.0 cm³/mol. The topological polar surface area (TPSA) is 61.4 Å². The zero-order valence-corrected chi connectivity index (χ0v) is 12.3. The number of carbonyl (C=O) groups excluding carboxylic acids is 2. The molecule has 21 heavy (non-hydrogen) atoms. The first-order valence-electron chi connectivity index (χ1n) is 6.97. The second-order valence-corrected chi connectivity index (χ2v) is 5.34. The van der Waals surface area contributed by atoms with Crippen LogP contribution in [-0.2, 0) is 16.1 Å². The van der Waals surface area contributed by atoms with Crippen molar-refractivity contribution in [3.8, 4) is 0 Å². The number of halogens is 1. The molecule has 5 nitrogen and oxygen atoms in total. The number of nitrogens with one attached hydrogen (secondary N) is 2. The van der Waals surface area contributed by atoms with Gasteiger partial charge in [0.15, 0.2) is 0 Å². The monoisotopic (exact) mass is 293 g/mol. The summed E-state index contributed by atoms with van der Waals surface area (Å²) in [5, 5.41) is 5.49. The number of aryl methyl sites for hydroxylation is 1. The van der Waals surface area contributed by atoms with Gasteiger partial charge in [0.25, 0.3) is 0 Å². The largest absolute Gasteiger partial charge is 0.353 e. The van der Waals surface area contributed by atoms with Crippen molar-refractivity contribution in [3.05, 3.63) is 35.1 Å². The number of benzene rings is 1. The zero-order chi connectivity index (χ0) is 15.4. The molecule has 1 atom stereocenters. The van der Waals surface area contributed by atoms with E-state index in [0.29, 0.717) is 6.54 Å². The Morgan fingerprint density at radius 3 is 3.00 bits per heavy atom. The van der Waals surface area contributed by atoms with Crippen molar-refractivity contribution in [1.29, 1.82) is 0 Å². The molecule has 1 unspecified atom stereocenters. The number of hydrogen-bond acceptors (Lipinski definition) is 3. The molecular formula is C15H20FN3O2. The van der Waals surface area contributed by atoms with E-state index in [1.54, 1.807) is 6.07 Å². The fourth-order valence-electron chi connectivity index (χ4n) is 2.35. The molecule has 1 saturated heterocycles. The number of rotatable bonds is 4. The molecule has 0 aliphatic carbocycles. The van der Waals surface area contributed by atoms with E-state index in [0.717, 1.165) is 17.7 Å². The summed E-state index contributed by atoms with van der Waals surface area (Å²) in [4.78, 5) is 25.6. The van der Waals surface area contributed by atoms with Crippen LogP contribution in [-0.4, -0.2) is 42.9 Å². The van der Waals surface area contributed by atoms with Crippen LogP contribution >= 0.6 is 0 Å². The van der Waals surface area contributed by atoms with Crippen molar-refractivity contribution in [2.45, 2.75) is 25.9 Å². The molecule has 2 amide bonds. The fraction of sp³-hybridized carbons (Fsp3) is 0.467. The van der Waals surface area contributed by atoms with Crippen LogP contribution in [0.2, 0.25) is 0 Å². The number of nitrogens with zero attached hydrogens (tertiary/aromatic N) is 1. The SMILES string of the molecule is Cc1ccc(F)cc1CNC(=O)CC1C(=O)NCCN1C. The van der Waals surface area contributed by atoms with Crippen LogP contribution in [0.15, 0.2) is 18.2 Å². The molecule has 1 fully saturated rings.